The molecule has 0 radical (unpaired) electrons. The molecule has 1 aromatic carbocycles. The van der Waals surface area contributed by atoms with Gasteiger partial charge >= 0.3 is 0 Å². The first kappa shape index (κ1) is 19.7. The van der Waals surface area contributed by atoms with Crippen LogP contribution in [-0.2, 0) is 11.3 Å². The molecular weight excluding hydrogens is 360 g/mol. The number of ether oxygens (including phenoxy) is 1. The Balaban J connectivity index is 1.66. The number of nitrogens with one attached hydrogen (secondary N) is 1. The first-order valence-corrected chi connectivity index (χ1v) is 10.7. The maximum atomic E-state index is 12.1. The fraction of sp³-hybridized carbons (Fsp3) is 0.550. The lowest BCUT2D eigenvalue weighted by atomic mass is 9.85. The van der Waals surface area contributed by atoms with Crippen molar-refractivity contribution in [1.29, 1.82) is 0 Å². The van der Waals surface area contributed by atoms with Crippen LogP contribution in [0.5, 0.6) is 5.75 Å². The second kappa shape index (κ2) is 9.78. The van der Waals surface area contributed by atoms with E-state index in [4.69, 9.17) is 4.74 Å². The number of hydrogen-bond donors (Lipinski definition) is 1. The van der Waals surface area contributed by atoms with Gasteiger partial charge in [-0.1, -0.05) is 31.5 Å². The summed E-state index contributed by atoms with van der Waals surface area (Å²) in [7, 11) is 1.66. The van der Waals surface area contributed by atoms with Gasteiger partial charge in [-0.25, -0.2) is 0 Å². The van der Waals surface area contributed by atoms with Crippen LogP contribution in [0, 0.1) is 5.92 Å². The van der Waals surface area contributed by atoms with Crippen LogP contribution >= 0.6 is 11.8 Å². The van der Waals surface area contributed by atoms with Crippen LogP contribution in [0.1, 0.15) is 39.0 Å². The number of carbonyl (C=O) groups is 1. The smallest absolute Gasteiger partial charge is 0.230 e. The van der Waals surface area contributed by atoms with E-state index < -0.39 is 0 Å². The number of benzene rings is 1. The summed E-state index contributed by atoms with van der Waals surface area (Å²) in [5.41, 5.74) is 1.00. The second-order valence-electron chi connectivity index (χ2n) is 6.93. The first-order valence-electron chi connectivity index (χ1n) is 9.68. The van der Waals surface area contributed by atoms with Gasteiger partial charge in [-0.05, 0) is 49.4 Å². The van der Waals surface area contributed by atoms with Gasteiger partial charge in [0.25, 0.3) is 0 Å². The van der Waals surface area contributed by atoms with Gasteiger partial charge in [0.15, 0.2) is 11.0 Å². The van der Waals surface area contributed by atoms with Crippen LogP contribution in [0.3, 0.4) is 0 Å². The molecule has 1 fully saturated rings. The lowest BCUT2D eigenvalue weighted by Crippen LogP contribution is -2.33. The highest BCUT2D eigenvalue weighted by molar-refractivity contribution is 7.99. The third-order valence-corrected chi connectivity index (χ3v) is 5.91. The molecule has 0 spiro atoms. The van der Waals surface area contributed by atoms with Gasteiger partial charge in [-0.15, -0.1) is 10.2 Å². The Bertz CT molecular complexity index is 741. The normalized spacial score (nSPS) is 14.0. The van der Waals surface area contributed by atoms with E-state index in [9.17, 15) is 4.79 Å². The van der Waals surface area contributed by atoms with Crippen molar-refractivity contribution in [3.8, 4) is 17.1 Å². The average molecular weight is 389 g/mol. The molecule has 0 unspecified atom stereocenters. The summed E-state index contributed by atoms with van der Waals surface area (Å²) in [5, 5.41) is 12.6. The quantitative estimate of drug-likeness (QED) is 0.628. The monoisotopic (exact) mass is 388 g/mol. The molecule has 1 N–H and O–H groups in total. The molecule has 1 saturated carbocycles. The highest BCUT2D eigenvalue weighted by atomic mass is 32.2. The largest absolute Gasteiger partial charge is 0.497 e. The van der Waals surface area contributed by atoms with E-state index in [1.165, 1.54) is 31.0 Å². The van der Waals surface area contributed by atoms with E-state index in [1.807, 2.05) is 24.3 Å². The lowest BCUT2D eigenvalue weighted by molar-refractivity contribution is -0.118. The first-order chi connectivity index (χ1) is 13.2. The van der Waals surface area contributed by atoms with E-state index in [2.05, 4.69) is 27.0 Å². The number of unbranched alkanes of at least 4 members (excludes halogenated alkanes) is 1. The number of thioether (sulfide) groups is 1. The summed E-state index contributed by atoms with van der Waals surface area (Å²) in [6.07, 6.45) is 5.91. The topological polar surface area (TPSA) is 69.0 Å². The molecule has 7 heteroatoms. The number of methoxy groups -OCH3 is 1. The van der Waals surface area contributed by atoms with Crippen molar-refractivity contribution in [2.45, 2.75) is 50.7 Å². The molecule has 0 aliphatic heterocycles. The van der Waals surface area contributed by atoms with Crippen LogP contribution < -0.4 is 10.1 Å². The summed E-state index contributed by atoms with van der Waals surface area (Å²) >= 11 is 1.46. The van der Waals surface area contributed by atoms with Crippen molar-refractivity contribution in [2.24, 2.45) is 5.92 Å². The molecular formula is C20H28N4O2S. The van der Waals surface area contributed by atoms with Gasteiger partial charge in [-0.2, -0.15) is 0 Å². The Hall–Kier alpha value is -2.02. The molecule has 0 saturated heterocycles. The highest BCUT2D eigenvalue weighted by Gasteiger charge is 2.19. The van der Waals surface area contributed by atoms with E-state index in [-0.39, 0.29) is 5.91 Å². The molecule has 27 heavy (non-hydrogen) atoms. The van der Waals surface area contributed by atoms with Gasteiger partial charge < -0.3 is 14.6 Å². The molecule has 1 aliphatic rings. The van der Waals surface area contributed by atoms with Crippen molar-refractivity contribution in [2.75, 3.05) is 19.4 Å². The third-order valence-electron chi connectivity index (χ3n) is 4.95. The summed E-state index contributed by atoms with van der Waals surface area (Å²) in [5.74, 6) is 2.77. The molecule has 1 aliphatic carbocycles. The van der Waals surface area contributed by atoms with Gasteiger partial charge in [0.05, 0.1) is 12.9 Å². The number of rotatable bonds is 10. The summed E-state index contributed by atoms with van der Waals surface area (Å²) < 4.78 is 7.35. The number of hydrogen-bond acceptors (Lipinski definition) is 5. The van der Waals surface area contributed by atoms with Gasteiger partial charge in [0, 0.05) is 18.7 Å². The van der Waals surface area contributed by atoms with Crippen molar-refractivity contribution in [1.82, 2.24) is 20.1 Å². The maximum Gasteiger partial charge on any atom is 0.230 e. The molecule has 146 valence electrons. The van der Waals surface area contributed by atoms with E-state index >= 15 is 0 Å². The Kier molecular flexibility index (Phi) is 7.15. The van der Waals surface area contributed by atoms with Gasteiger partial charge in [0.1, 0.15) is 5.75 Å². The zero-order chi connectivity index (χ0) is 19.1. The van der Waals surface area contributed by atoms with E-state index in [0.29, 0.717) is 11.7 Å². The summed E-state index contributed by atoms with van der Waals surface area (Å²) in [6.45, 7) is 3.81. The minimum Gasteiger partial charge on any atom is -0.497 e. The zero-order valence-corrected chi connectivity index (χ0v) is 16.9. The van der Waals surface area contributed by atoms with Crippen LogP contribution in [-0.4, -0.2) is 40.1 Å². The van der Waals surface area contributed by atoms with Crippen molar-refractivity contribution in [3.63, 3.8) is 0 Å². The molecule has 6 nitrogen and oxygen atoms in total. The Morgan fingerprint density at radius 2 is 2.07 bits per heavy atom. The van der Waals surface area contributed by atoms with Crippen LogP contribution in [0.25, 0.3) is 11.4 Å². The molecule has 1 aromatic heterocycles. The third kappa shape index (κ3) is 5.25. The Morgan fingerprint density at radius 3 is 2.70 bits per heavy atom. The second-order valence-corrected chi connectivity index (χ2v) is 7.87. The molecule has 2 aromatic rings. The molecule has 0 atom stereocenters. The number of carbonyl (C=O) groups excluding carboxylic acids is 1. The predicted octanol–water partition coefficient (Wildman–Crippen LogP) is 3.76. The number of amides is 1. The molecule has 3 rings (SSSR count). The van der Waals surface area contributed by atoms with Crippen molar-refractivity contribution in [3.05, 3.63) is 24.3 Å². The van der Waals surface area contributed by atoms with E-state index in [1.54, 1.807) is 7.11 Å². The number of nitrogens with zero attached hydrogens (tertiary/aromatic N) is 3. The van der Waals surface area contributed by atoms with Crippen LogP contribution in [0.2, 0.25) is 0 Å². The highest BCUT2D eigenvalue weighted by Crippen LogP contribution is 2.27. The Morgan fingerprint density at radius 1 is 1.30 bits per heavy atom. The van der Waals surface area contributed by atoms with Crippen molar-refractivity contribution < 1.29 is 9.53 Å². The van der Waals surface area contributed by atoms with Crippen molar-refractivity contribution >= 4 is 17.7 Å². The average Bonchev–Trinajstić information content (AvgIpc) is 3.06. The SMILES string of the molecule is CCCCn1c(SCC(=O)NCC2CCC2)nnc1-c1ccc(OC)cc1. The maximum absolute atomic E-state index is 12.1. The summed E-state index contributed by atoms with van der Waals surface area (Å²) in [6, 6.07) is 7.83. The Labute approximate surface area is 165 Å². The van der Waals surface area contributed by atoms with Gasteiger partial charge in [-0.3, -0.25) is 4.79 Å². The van der Waals surface area contributed by atoms with Crippen LogP contribution in [0.15, 0.2) is 29.4 Å². The molecule has 1 heterocycles. The van der Waals surface area contributed by atoms with E-state index in [0.717, 1.165) is 48.2 Å². The zero-order valence-electron chi connectivity index (χ0n) is 16.1. The minimum atomic E-state index is 0.0722. The summed E-state index contributed by atoms with van der Waals surface area (Å²) in [4.78, 5) is 12.1. The lowest BCUT2D eigenvalue weighted by Gasteiger charge is -2.25. The molecule has 1 amide bonds. The van der Waals surface area contributed by atoms with Crippen LogP contribution in [0.4, 0.5) is 0 Å². The fourth-order valence-electron chi connectivity index (χ4n) is 3.00. The fourth-order valence-corrected chi connectivity index (χ4v) is 3.80. The van der Waals surface area contributed by atoms with Gasteiger partial charge in [0.2, 0.25) is 5.91 Å². The minimum absolute atomic E-state index is 0.0722. The standard InChI is InChI=1S/C20H28N4O2S/c1-3-4-12-24-19(16-8-10-17(26-2)11-9-16)22-23-20(24)27-14-18(25)21-13-15-6-5-7-15/h8-11,15H,3-7,12-14H2,1-2H3,(H,21,25). The molecule has 0 bridgehead atoms. The predicted molar refractivity (Wildman–Crippen MR) is 108 cm³/mol. The number of aromatic nitrogens is 3.